The molecule has 1 atom stereocenters. The number of para-hydroxylation sites is 1. The third-order valence-corrected chi connectivity index (χ3v) is 5.38. The maximum Gasteiger partial charge on any atom is 0.310 e. The number of esters is 1. The fourth-order valence-electron chi connectivity index (χ4n) is 3.81. The Labute approximate surface area is 173 Å². The van der Waals surface area contributed by atoms with Gasteiger partial charge < -0.3 is 15.0 Å². The lowest BCUT2D eigenvalue weighted by atomic mass is 9.97. The van der Waals surface area contributed by atoms with Gasteiger partial charge in [-0.25, -0.2) is 0 Å². The Morgan fingerprint density at radius 1 is 1.14 bits per heavy atom. The number of carbonyl (C=O) groups is 2. The van der Waals surface area contributed by atoms with E-state index in [9.17, 15) is 9.59 Å². The summed E-state index contributed by atoms with van der Waals surface area (Å²) in [6.45, 7) is 6.10. The van der Waals surface area contributed by atoms with Gasteiger partial charge in [0.2, 0.25) is 0 Å². The van der Waals surface area contributed by atoms with Crippen LogP contribution < -0.4 is 5.32 Å². The fraction of sp³-hybridized carbons (Fsp3) is 0.417. The summed E-state index contributed by atoms with van der Waals surface area (Å²) in [4.78, 5) is 26.8. The van der Waals surface area contributed by atoms with Crippen molar-refractivity contribution in [1.82, 2.24) is 4.90 Å². The topological polar surface area (TPSA) is 58.6 Å². The van der Waals surface area contributed by atoms with E-state index >= 15 is 0 Å². The number of amides is 1. The highest BCUT2D eigenvalue weighted by Gasteiger charge is 2.29. The molecule has 0 aromatic heterocycles. The number of likely N-dealkylation sites (tertiary alicyclic amines) is 1. The lowest BCUT2D eigenvalue weighted by molar-refractivity contribution is -0.149. The summed E-state index contributed by atoms with van der Waals surface area (Å²) in [7, 11) is 0. The van der Waals surface area contributed by atoms with Crippen molar-refractivity contribution < 1.29 is 14.3 Å². The number of hydrogen-bond donors (Lipinski definition) is 1. The monoisotopic (exact) mass is 394 g/mol. The van der Waals surface area contributed by atoms with Crippen molar-refractivity contribution in [3.8, 4) is 0 Å². The molecule has 1 saturated heterocycles. The second-order valence-electron chi connectivity index (χ2n) is 7.41. The molecule has 1 aliphatic heterocycles. The Morgan fingerprint density at radius 2 is 1.97 bits per heavy atom. The third-order valence-electron chi connectivity index (χ3n) is 5.38. The van der Waals surface area contributed by atoms with Crippen molar-refractivity contribution in [2.75, 3.05) is 25.0 Å². The van der Waals surface area contributed by atoms with Crippen LogP contribution in [0.3, 0.4) is 0 Å². The summed E-state index contributed by atoms with van der Waals surface area (Å²) >= 11 is 0. The van der Waals surface area contributed by atoms with Crippen molar-refractivity contribution in [3.05, 3.63) is 65.2 Å². The van der Waals surface area contributed by atoms with E-state index in [1.807, 2.05) is 43.3 Å². The molecule has 1 heterocycles. The number of carbonyl (C=O) groups excluding carboxylic acids is 2. The summed E-state index contributed by atoms with van der Waals surface area (Å²) in [5, 5.41) is 3.48. The van der Waals surface area contributed by atoms with Crippen molar-refractivity contribution in [2.45, 2.75) is 39.7 Å². The first-order valence-corrected chi connectivity index (χ1v) is 10.5. The van der Waals surface area contributed by atoms with Gasteiger partial charge in [0.05, 0.1) is 12.5 Å². The number of rotatable bonds is 7. The van der Waals surface area contributed by atoms with Crippen molar-refractivity contribution in [2.24, 2.45) is 5.92 Å². The molecule has 5 heteroatoms. The molecule has 0 spiro atoms. The molecule has 1 unspecified atom stereocenters. The van der Waals surface area contributed by atoms with E-state index in [-0.39, 0.29) is 17.8 Å². The zero-order valence-corrected chi connectivity index (χ0v) is 17.3. The number of anilines is 1. The smallest absolute Gasteiger partial charge is 0.310 e. The molecule has 0 radical (unpaired) electrons. The average molecular weight is 395 g/mol. The Morgan fingerprint density at radius 3 is 2.76 bits per heavy atom. The summed E-state index contributed by atoms with van der Waals surface area (Å²) in [5.74, 6) is -0.435. The molecular weight excluding hydrogens is 364 g/mol. The summed E-state index contributed by atoms with van der Waals surface area (Å²) < 4.78 is 5.14. The van der Waals surface area contributed by atoms with Gasteiger partial charge >= 0.3 is 5.97 Å². The first kappa shape index (κ1) is 20.9. The SMILES string of the molecule is CCOC(=O)C1CCCN(C(=O)c2cccc(CNc3ccccc3CC)c2)C1. The number of ether oxygens (including phenoxy) is 1. The minimum absolute atomic E-state index is 0.0187. The molecule has 0 saturated carbocycles. The number of benzene rings is 2. The normalized spacial score (nSPS) is 16.3. The Hall–Kier alpha value is -2.82. The second kappa shape index (κ2) is 10.1. The molecule has 3 rings (SSSR count). The average Bonchev–Trinajstić information content (AvgIpc) is 2.77. The lowest BCUT2D eigenvalue weighted by Gasteiger charge is -2.31. The van der Waals surface area contributed by atoms with Gasteiger partial charge in [0.1, 0.15) is 0 Å². The highest BCUT2D eigenvalue weighted by molar-refractivity contribution is 5.94. The Bertz CT molecular complexity index is 850. The van der Waals surface area contributed by atoms with Crippen LogP contribution in [0, 0.1) is 5.92 Å². The standard InChI is InChI=1S/C24H30N2O3/c1-3-19-10-5-6-13-22(19)25-16-18-9-7-11-20(15-18)23(27)26-14-8-12-21(17-26)24(28)29-4-2/h5-7,9-11,13,15,21,25H,3-4,8,12,14,16-17H2,1-2H3. The minimum atomic E-state index is -0.219. The predicted octanol–water partition coefficient (Wildman–Crippen LogP) is 4.28. The molecule has 1 N–H and O–H groups in total. The van der Waals surface area contributed by atoms with Crippen molar-refractivity contribution >= 4 is 17.6 Å². The van der Waals surface area contributed by atoms with Crippen LogP contribution in [0.4, 0.5) is 5.69 Å². The minimum Gasteiger partial charge on any atom is -0.466 e. The van der Waals surface area contributed by atoms with Gasteiger partial charge in [-0.2, -0.15) is 0 Å². The predicted molar refractivity (Wildman–Crippen MR) is 115 cm³/mol. The molecule has 1 fully saturated rings. The van der Waals surface area contributed by atoms with Crippen LogP contribution in [0.1, 0.15) is 48.2 Å². The molecule has 0 bridgehead atoms. The zero-order chi connectivity index (χ0) is 20.6. The number of hydrogen-bond acceptors (Lipinski definition) is 4. The highest BCUT2D eigenvalue weighted by atomic mass is 16.5. The van der Waals surface area contributed by atoms with E-state index in [0.717, 1.165) is 30.5 Å². The molecule has 29 heavy (non-hydrogen) atoms. The van der Waals surface area contributed by atoms with Crippen LogP contribution in [-0.2, 0) is 22.5 Å². The van der Waals surface area contributed by atoms with Crippen molar-refractivity contribution in [1.29, 1.82) is 0 Å². The maximum atomic E-state index is 13.0. The van der Waals surface area contributed by atoms with Crippen molar-refractivity contribution in [3.63, 3.8) is 0 Å². The maximum absolute atomic E-state index is 13.0. The van der Waals surface area contributed by atoms with Crippen LogP contribution in [-0.4, -0.2) is 36.5 Å². The summed E-state index contributed by atoms with van der Waals surface area (Å²) in [6.07, 6.45) is 2.58. The van der Waals surface area contributed by atoms with Gasteiger partial charge in [-0.3, -0.25) is 9.59 Å². The van der Waals surface area contributed by atoms with E-state index in [1.165, 1.54) is 5.56 Å². The van der Waals surface area contributed by atoms with Gasteiger partial charge in [-0.1, -0.05) is 37.3 Å². The van der Waals surface area contributed by atoms with Crippen LogP contribution in [0.15, 0.2) is 48.5 Å². The van der Waals surface area contributed by atoms with Gasteiger partial charge in [0.25, 0.3) is 5.91 Å². The first-order chi connectivity index (χ1) is 14.1. The number of nitrogens with one attached hydrogen (secondary N) is 1. The molecule has 0 aliphatic carbocycles. The van der Waals surface area contributed by atoms with Gasteiger partial charge in [0.15, 0.2) is 0 Å². The molecule has 1 aliphatic rings. The Kier molecular flexibility index (Phi) is 7.28. The number of aryl methyl sites for hydroxylation is 1. The second-order valence-corrected chi connectivity index (χ2v) is 7.41. The zero-order valence-electron chi connectivity index (χ0n) is 17.3. The van der Waals surface area contributed by atoms with Crippen LogP contribution in [0.2, 0.25) is 0 Å². The summed E-state index contributed by atoms with van der Waals surface area (Å²) in [5.41, 5.74) is 4.12. The molecule has 154 valence electrons. The van der Waals surface area contributed by atoms with E-state index in [2.05, 4.69) is 24.4 Å². The van der Waals surface area contributed by atoms with Crippen LogP contribution in [0.25, 0.3) is 0 Å². The molecule has 2 aromatic rings. The van der Waals surface area contributed by atoms with E-state index in [1.54, 1.807) is 4.90 Å². The van der Waals surface area contributed by atoms with Crippen LogP contribution in [0.5, 0.6) is 0 Å². The molecular formula is C24H30N2O3. The summed E-state index contributed by atoms with van der Waals surface area (Å²) in [6, 6.07) is 16.0. The third kappa shape index (κ3) is 5.37. The fourth-order valence-corrected chi connectivity index (χ4v) is 3.81. The largest absolute Gasteiger partial charge is 0.466 e. The van der Waals surface area contributed by atoms with E-state index in [0.29, 0.717) is 31.8 Å². The van der Waals surface area contributed by atoms with Gasteiger partial charge in [-0.05, 0) is 55.5 Å². The van der Waals surface area contributed by atoms with E-state index < -0.39 is 0 Å². The first-order valence-electron chi connectivity index (χ1n) is 10.5. The number of nitrogens with zero attached hydrogens (tertiary/aromatic N) is 1. The highest BCUT2D eigenvalue weighted by Crippen LogP contribution is 2.21. The van der Waals surface area contributed by atoms with Crippen LogP contribution >= 0.6 is 0 Å². The van der Waals surface area contributed by atoms with E-state index in [4.69, 9.17) is 4.74 Å². The number of piperidine rings is 1. The molecule has 2 aromatic carbocycles. The quantitative estimate of drug-likeness (QED) is 0.712. The lowest BCUT2D eigenvalue weighted by Crippen LogP contribution is -2.42. The molecule has 5 nitrogen and oxygen atoms in total. The molecule has 1 amide bonds. The van der Waals surface area contributed by atoms with Gasteiger partial charge in [0, 0.05) is 30.9 Å². The van der Waals surface area contributed by atoms with Gasteiger partial charge in [-0.15, -0.1) is 0 Å². The Balaban J connectivity index is 1.65.